The third-order valence-corrected chi connectivity index (χ3v) is 4.15. The summed E-state index contributed by atoms with van der Waals surface area (Å²) in [6, 6.07) is 9.72. The number of carbonyl (C=O) groups is 1. The van der Waals surface area contributed by atoms with Crippen LogP contribution in [0.4, 0.5) is 0 Å². The molecule has 0 radical (unpaired) electrons. The lowest BCUT2D eigenvalue weighted by molar-refractivity contribution is -0.151. The third-order valence-electron chi connectivity index (χ3n) is 4.15. The largest absolute Gasteiger partial charge is 0.481 e. The van der Waals surface area contributed by atoms with Crippen LogP contribution >= 0.6 is 0 Å². The van der Waals surface area contributed by atoms with Crippen molar-refractivity contribution < 1.29 is 14.7 Å². The molecule has 4 heteroatoms. The fraction of sp³-hybridized carbons (Fsp3) is 0.529. The van der Waals surface area contributed by atoms with E-state index in [2.05, 4.69) is 12.1 Å². The summed E-state index contributed by atoms with van der Waals surface area (Å²) in [7, 11) is 0. The molecule has 1 saturated carbocycles. The van der Waals surface area contributed by atoms with Crippen LogP contribution in [-0.4, -0.2) is 17.3 Å². The highest BCUT2D eigenvalue weighted by atomic mass is 16.6. The molecule has 114 valence electrons. The predicted molar refractivity (Wildman–Crippen MR) is 82.0 cm³/mol. The van der Waals surface area contributed by atoms with Gasteiger partial charge in [-0.1, -0.05) is 61.7 Å². The molecule has 1 aromatic rings. The van der Waals surface area contributed by atoms with Crippen molar-refractivity contribution in [3.63, 3.8) is 0 Å². The third kappa shape index (κ3) is 4.06. The van der Waals surface area contributed by atoms with Crippen LogP contribution in [0.3, 0.4) is 0 Å². The molecule has 0 saturated heterocycles. The maximum absolute atomic E-state index is 11.4. The molecule has 1 aliphatic rings. The lowest BCUT2D eigenvalue weighted by Gasteiger charge is -2.41. The Labute approximate surface area is 125 Å². The second kappa shape index (κ2) is 7.25. The lowest BCUT2D eigenvalue weighted by Crippen LogP contribution is -2.45. The normalized spacial score (nSPS) is 24.7. The number of unbranched alkanes of at least 4 members (excludes halogenated alkanes) is 1. The van der Waals surface area contributed by atoms with E-state index in [1.54, 1.807) is 0 Å². The molecule has 1 aliphatic carbocycles. The Balaban J connectivity index is 1.81. The topological polar surface area (TPSA) is 58.9 Å². The summed E-state index contributed by atoms with van der Waals surface area (Å²) in [4.78, 5) is 16.7. The highest BCUT2D eigenvalue weighted by Gasteiger charge is 2.49. The molecule has 0 aromatic heterocycles. The highest BCUT2D eigenvalue weighted by Crippen LogP contribution is 2.46. The van der Waals surface area contributed by atoms with Gasteiger partial charge in [-0.2, -0.15) is 0 Å². The molecule has 0 bridgehead atoms. The van der Waals surface area contributed by atoms with E-state index < -0.39 is 11.4 Å². The second-order valence-electron chi connectivity index (χ2n) is 5.87. The summed E-state index contributed by atoms with van der Waals surface area (Å²) < 4.78 is 0. The number of aliphatic carboxylic acids is 1. The molecule has 0 spiro atoms. The number of hydrogen-bond acceptors (Lipinski definition) is 3. The van der Waals surface area contributed by atoms with Crippen LogP contribution in [0.2, 0.25) is 0 Å². The molecule has 0 aliphatic heterocycles. The molecular formula is C17H23NO3. The van der Waals surface area contributed by atoms with Crippen LogP contribution in [-0.2, 0) is 16.2 Å². The standard InChI is InChI=1S/C17H23NO3/c1-2-3-7-15-10-17(11-15,16(19)20)13-18-21-12-14-8-5-4-6-9-14/h4-6,8-9,13,15H,2-3,7,10-12H2,1H3,(H,19,20)/b18-13+. The van der Waals surface area contributed by atoms with Crippen molar-refractivity contribution in [2.75, 3.05) is 0 Å². The summed E-state index contributed by atoms with van der Waals surface area (Å²) in [6.45, 7) is 2.52. The molecule has 0 heterocycles. The van der Waals surface area contributed by atoms with Gasteiger partial charge in [0.25, 0.3) is 0 Å². The van der Waals surface area contributed by atoms with Crippen LogP contribution in [0.15, 0.2) is 35.5 Å². The monoisotopic (exact) mass is 289 g/mol. The van der Waals surface area contributed by atoms with Gasteiger partial charge in [-0.05, 0) is 24.3 Å². The first-order valence-corrected chi connectivity index (χ1v) is 7.60. The molecule has 4 nitrogen and oxygen atoms in total. The van der Waals surface area contributed by atoms with Crippen molar-refractivity contribution in [2.24, 2.45) is 16.5 Å². The van der Waals surface area contributed by atoms with Crippen LogP contribution in [0.5, 0.6) is 0 Å². The number of nitrogens with zero attached hydrogens (tertiary/aromatic N) is 1. The quantitative estimate of drug-likeness (QED) is 0.584. The van der Waals surface area contributed by atoms with E-state index >= 15 is 0 Å². The fourth-order valence-electron chi connectivity index (χ4n) is 2.83. The van der Waals surface area contributed by atoms with Crippen LogP contribution in [0, 0.1) is 11.3 Å². The summed E-state index contributed by atoms with van der Waals surface area (Å²) in [5, 5.41) is 13.3. The molecule has 1 fully saturated rings. The molecule has 0 amide bonds. The number of benzene rings is 1. The summed E-state index contributed by atoms with van der Waals surface area (Å²) >= 11 is 0. The van der Waals surface area contributed by atoms with E-state index in [1.165, 1.54) is 12.6 Å². The number of oxime groups is 1. The van der Waals surface area contributed by atoms with Crippen LogP contribution in [0.1, 0.15) is 44.6 Å². The number of rotatable bonds is 8. The molecule has 1 N–H and O–H groups in total. The Morgan fingerprint density at radius 2 is 2.14 bits per heavy atom. The SMILES string of the molecule is CCCCC1CC(/C=N/OCc2ccccc2)(C(=O)O)C1. The average molecular weight is 289 g/mol. The Kier molecular flexibility index (Phi) is 5.37. The first-order valence-electron chi connectivity index (χ1n) is 7.60. The number of hydrogen-bond donors (Lipinski definition) is 1. The summed E-state index contributed by atoms with van der Waals surface area (Å²) in [6.07, 6.45) is 6.29. The first-order chi connectivity index (χ1) is 10.2. The van der Waals surface area contributed by atoms with Gasteiger partial charge in [-0.15, -0.1) is 0 Å². The predicted octanol–water partition coefficient (Wildman–Crippen LogP) is 3.86. The molecule has 21 heavy (non-hydrogen) atoms. The van der Waals surface area contributed by atoms with E-state index in [0.29, 0.717) is 25.4 Å². The van der Waals surface area contributed by atoms with Gasteiger partial charge >= 0.3 is 5.97 Å². The number of carboxylic acids is 1. The van der Waals surface area contributed by atoms with Crippen molar-refractivity contribution in [3.05, 3.63) is 35.9 Å². The minimum atomic E-state index is -0.810. The maximum atomic E-state index is 11.4. The van der Waals surface area contributed by atoms with E-state index in [4.69, 9.17) is 4.84 Å². The maximum Gasteiger partial charge on any atom is 0.315 e. The average Bonchev–Trinajstić information content (AvgIpc) is 2.45. The molecular weight excluding hydrogens is 266 g/mol. The minimum Gasteiger partial charge on any atom is -0.481 e. The van der Waals surface area contributed by atoms with Gasteiger partial charge in [-0.25, -0.2) is 0 Å². The van der Waals surface area contributed by atoms with Gasteiger partial charge < -0.3 is 9.94 Å². The Morgan fingerprint density at radius 3 is 2.76 bits per heavy atom. The second-order valence-corrected chi connectivity index (χ2v) is 5.87. The molecule has 1 aromatic carbocycles. The fourth-order valence-corrected chi connectivity index (χ4v) is 2.83. The van der Waals surface area contributed by atoms with Crippen molar-refractivity contribution in [2.45, 2.75) is 45.6 Å². The zero-order valence-corrected chi connectivity index (χ0v) is 12.5. The van der Waals surface area contributed by atoms with Crippen molar-refractivity contribution in [1.82, 2.24) is 0 Å². The molecule has 0 atom stereocenters. The van der Waals surface area contributed by atoms with Crippen molar-refractivity contribution in [3.8, 4) is 0 Å². The Hall–Kier alpha value is -1.84. The minimum absolute atomic E-state index is 0.367. The zero-order chi connectivity index (χ0) is 15.1. The van der Waals surface area contributed by atoms with Gasteiger partial charge in [0.15, 0.2) is 0 Å². The highest BCUT2D eigenvalue weighted by molar-refractivity contribution is 5.95. The Morgan fingerprint density at radius 1 is 1.43 bits per heavy atom. The van der Waals surface area contributed by atoms with Gasteiger partial charge in [0.2, 0.25) is 0 Å². The van der Waals surface area contributed by atoms with Crippen molar-refractivity contribution in [1.29, 1.82) is 0 Å². The van der Waals surface area contributed by atoms with Crippen LogP contribution < -0.4 is 0 Å². The summed E-state index contributed by atoms with van der Waals surface area (Å²) in [5.74, 6) is -0.274. The Bertz CT molecular complexity index is 478. The molecule has 2 rings (SSSR count). The van der Waals surface area contributed by atoms with E-state index in [9.17, 15) is 9.90 Å². The first kappa shape index (κ1) is 15.5. The van der Waals surface area contributed by atoms with Crippen LogP contribution in [0.25, 0.3) is 0 Å². The van der Waals surface area contributed by atoms with Crippen molar-refractivity contribution >= 4 is 12.2 Å². The smallest absolute Gasteiger partial charge is 0.315 e. The van der Waals surface area contributed by atoms with Gasteiger partial charge in [0, 0.05) is 0 Å². The van der Waals surface area contributed by atoms with E-state index in [-0.39, 0.29) is 0 Å². The van der Waals surface area contributed by atoms with Gasteiger partial charge in [0.05, 0.1) is 6.21 Å². The summed E-state index contributed by atoms with van der Waals surface area (Å²) in [5.41, 5.74) is 0.211. The van der Waals surface area contributed by atoms with Gasteiger partial charge in [-0.3, -0.25) is 4.79 Å². The molecule has 0 unspecified atom stereocenters. The van der Waals surface area contributed by atoms with Gasteiger partial charge in [0.1, 0.15) is 12.0 Å². The zero-order valence-electron chi connectivity index (χ0n) is 12.5. The van der Waals surface area contributed by atoms with E-state index in [1.807, 2.05) is 30.3 Å². The van der Waals surface area contributed by atoms with E-state index in [0.717, 1.165) is 18.4 Å². The lowest BCUT2D eigenvalue weighted by atomic mass is 9.61. The number of carboxylic acid groups (broad SMARTS) is 1.